The average Bonchev–Trinajstić information content (AvgIpc) is 2.20. The van der Waals surface area contributed by atoms with Crippen LogP contribution in [0.2, 0.25) is 0 Å². The summed E-state index contributed by atoms with van der Waals surface area (Å²) in [4.78, 5) is 5.05. The Kier molecular flexibility index (Phi) is 4.64. The van der Waals surface area contributed by atoms with Crippen LogP contribution in [0.25, 0.3) is 0 Å². The largest absolute Gasteiger partial charge is 0.503 e. The third kappa shape index (κ3) is 3.75. The number of hydrogen-bond donors (Lipinski definition) is 2. The van der Waals surface area contributed by atoms with Gasteiger partial charge in [-0.15, -0.1) is 0 Å². The number of halogens is 2. The van der Waals surface area contributed by atoms with Crippen molar-refractivity contribution in [1.29, 1.82) is 0 Å². The number of phenolic OH excluding ortho intramolecular Hbond substituents is 1. The Balaban J connectivity index is 2.49. The van der Waals surface area contributed by atoms with E-state index in [0.717, 1.165) is 12.1 Å². The van der Waals surface area contributed by atoms with E-state index in [-0.39, 0.29) is 6.54 Å². The van der Waals surface area contributed by atoms with Gasteiger partial charge in [-0.3, -0.25) is 0 Å². The summed E-state index contributed by atoms with van der Waals surface area (Å²) in [5, 5.41) is 8.87. The minimum absolute atomic E-state index is 0.181. The highest BCUT2D eigenvalue weighted by Gasteiger charge is 2.09. The summed E-state index contributed by atoms with van der Waals surface area (Å²) in [6.07, 6.45) is 0. The maximum Gasteiger partial charge on any atom is 0.187 e. The molecular formula is C11H15F2NO2. The Bertz CT molecular complexity index is 333. The molecule has 0 aliphatic heterocycles. The predicted molar refractivity (Wildman–Crippen MR) is 55.7 cm³/mol. The quantitative estimate of drug-likeness (QED) is 0.603. The number of rotatable bonds is 5. The van der Waals surface area contributed by atoms with Crippen LogP contribution in [-0.2, 0) is 11.4 Å². The molecule has 0 saturated heterocycles. The summed E-state index contributed by atoms with van der Waals surface area (Å²) < 4.78 is 25.8. The summed E-state index contributed by atoms with van der Waals surface area (Å²) in [5.74, 6) is -2.52. The molecule has 0 bridgehead atoms. The predicted octanol–water partition coefficient (Wildman–Crippen LogP) is 2.35. The van der Waals surface area contributed by atoms with Crippen molar-refractivity contribution < 1.29 is 18.7 Å². The number of nitrogens with one attached hydrogen (secondary N) is 1. The molecule has 5 heteroatoms. The van der Waals surface area contributed by atoms with Crippen LogP contribution in [0.1, 0.15) is 19.4 Å². The van der Waals surface area contributed by atoms with Crippen LogP contribution in [-0.4, -0.2) is 11.7 Å². The first kappa shape index (κ1) is 12.9. The minimum atomic E-state index is -0.972. The smallest absolute Gasteiger partial charge is 0.187 e. The van der Waals surface area contributed by atoms with Gasteiger partial charge in [0.1, 0.15) is 0 Å². The SMILES string of the molecule is CC(C)CONCc1cc(F)c(O)c(F)c1. The van der Waals surface area contributed by atoms with Crippen molar-refractivity contribution in [2.75, 3.05) is 6.61 Å². The monoisotopic (exact) mass is 231 g/mol. The zero-order valence-electron chi connectivity index (χ0n) is 9.26. The van der Waals surface area contributed by atoms with E-state index in [2.05, 4.69) is 5.48 Å². The van der Waals surface area contributed by atoms with Crippen molar-refractivity contribution in [2.45, 2.75) is 20.4 Å². The van der Waals surface area contributed by atoms with Crippen LogP contribution in [0.3, 0.4) is 0 Å². The molecule has 0 unspecified atom stereocenters. The van der Waals surface area contributed by atoms with Gasteiger partial charge in [-0.1, -0.05) is 13.8 Å². The van der Waals surface area contributed by atoms with Crippen LogP contribution in [0, 0.1) is 17.6 Å². The summed E-state index contributed by atoms with van der Waals surface area (Å²) in [5.41, 5.74) is 2.96. The minimum Gasteiger partial charge on any atom is -0.503 e. The van der Waals surface area contributed by atoms with E-state index in [1.165, 1.54) is 0 Å². The van der Waals surface area contributed by atoms with Gasteiger partial charge in [0.15, 0.2) is 17.4 Å². The lowest BCUT2D eigenvalue weighted by molar-refractivity contribution is 0.0195. The molecule has 0 amide bonds. The highest BCUT2D eigenvalue weighted by molar-refractivity contribution is 5.29. The molecule has 3 nitrogen and oxygen atoms in total. The highest BCUT2D eigenvalue weighted by Crippen LogP contribution is 2.21. The molecule has 1 rings (SSSR count). The Labute approximate surface area is 93.0 Å². The van der Waals surface area contributed by atoms with E-state index < -0.39 is 17.4 Å². The second-order valence-corrected chi connectivity index (χ2v) is 3.93. The fourth-order valence-electron chi connectivity index (χ4n) is 1.08. The van der Waals surface area contributed by atoms with Crippen LogP contribution < -0.4 is 5.48 Å². The summed E-state index contributed by atoms with van der Waals surface area (Å²) in [7, 11) is 0. The Morgan fingerprint density at radius 3 is 2.38 bits per heavy atom. The van der Waals surface area contributed by atoms with Crippen LogP contribution in [0.5, 0.6) is 5.75 Å². The summed E-state index contributed by atoms with van der Waals surface area (Å²) in [6, 6.07) is 2.12. The first-order valence-electron chi connectivity index (χ1n) is 5.02. The second-order valence-electron chi connectivity index (χ2n) is 3.93. The van der Waals surface area contributed by atoms with E-state index in [9.17, 15) is 8.78 Å². The van der Waals surface area contributed by atoms with Crippen molar-refractivity contribution in [3.05, 3.63) is 29.3 Å². The highest BCUT2D eigenvalue weighted by atomic mass is 19.1. The number of benzene rings is 1. The van der Waals surface area contributed by atoms with Gasteiger partial charge in [-0.2, -0.15) is 5.48 Å². The van der Waals surface area contributed by atoms with Crippen molar-refractivity contribution in [3.63, 3.8) is 0 Å². The van der Waals surface area contributed by atoms with Crippen molar-refractivity contribution >= 4 is 0 Å². The van der Waals surface area contributed by atoms with E-state index in [1.807, 2.05) is 13.8 Å². The molecule has 0 atom stereocenters. The molecule has 0 saturated carbocycles. The Hall–Kier alpha value is -1.20. The van der Waals surface area contributed by atoms with Gasteiger partial charge < -0.3 is 9.94 Å². The van der Waals surface area contributed by atoms with Gasteiger partial charge in [0, 0.05) is 6.54 Å². The zero-order valence-corrected chi connectivity index (χ0v) is 9.26. The van der Waals surface area contributed by atoms with E-state index in [4.69, 9.17) is 9.94 Å². The average molecular weight is 231 g/mol. The lowest BCUT2D eigenvalue weighted by Gasteiger charge is -2.08. The molecule has 0 heterocycles. The molecule has 2 N–H and O–H groups in total. The maximum absolute atomic E-state index is 12.9. The fourth-order valence-corrected chi connectivity index (χ4v) is 1.08. The van der Waals surface area contributed by atoms with E-state index >= 15 is 0 Å². The topological polar surface area (TPSA) is 41.5 Å². The first-order valence-corrected chi connectivity index (χ1v) is 5.02. The molecular weight excluding hydrogens is 216 g/mol. The second kappa shape index (κ2) is 5.77. The van der Waals surface area contributed by atoms with Gasteiger partial charge in [-0.25, -0.2) is 8.78 Å². The van der Waals surface area contributed by atoms with Crippen molar-refractivity contribution in [2.24, 2.45) is 5.92 Å². The van der Waals surface area contributed by atoms with E-state index in [0.29, 0.717) is 18.1 Å². The lowest BCUT2D eigenvalue weighted by atomic mass is 10.2. The number of hydrogen-bond acceptors (Lipinski definition) is 3. The molecule has 90 valence electrons. The molecule has 0 fully saturated rings. The maximum atomic E-state index is 12.9. The summed E-state index contributed by atoms with van der Waals surface area (Å²) >= 11 is 0. The molecule has 0 aromatic heterocycles. The van der Waals surface area contributed by atoms with Gasteiger partial charge >= 0.3 is 0 Å². The number of phenols is 1. The Morgan fingerprint density at radius 2 is 1.88 bits per heavy atom. The van der Waals surface area contributed by atoms with Gasteiger partial charge in [0.2, 0.25) is 0 Å². The summed E-state index contributed by atoms with van der Waals surface area (Å²) in [6.45, 7) is 4.67. The van der Waals surface area contributed by atoms with Crippen LogP contribution >= 0.6 is 0 Å². The molecule has 0 spiro atoms. The van der Waals surface area contributed by atoms with Gasteiger partial charge in [-0.05, 0) is 23.6 Å². The standard InChI is InChI=1S/C11H15F2NO2/c1-7(2)6-16-14-5-8-3-9(12)11(15)10(13)4-8/h3-4,7,14-15H,5-6H2,1-2H3. The first-order chi connectivity index (χ1) is 7.50. The molecule has 0 aliphatic carbocycles. The number of aromatic hydroxyl groups is 1. The molecule has 0 aliphatic rings. The normalized spacial score (nSPS) is 11.1. The van der Waals surface area contributed by atoms with Crippen LogP contribution in [0.4, 0.5) is 8.78 Å². The third-order valence-corrected chi connectivity index (χ3v) is 1.87. The van der Waals surface area contributed by atoms with Crippen LogP contribution in [0.15, 0.2) is 12.1 Å². The zero-order chi connectivity index (χ0) is 12.1. The van der Waals surface area contributed by atoms with Crippen molar-refractivity contribution in [1.82, 2.24) is 5.48 Å². The fraction of sp³-hybridized carbons (Fsp3) is 0.455. The molecule has 16 heavy (non-hydrogen) atoms. The van der Waals surface area contributed by atoms with Gasteiger partial charge in [0.05, 0.1) is 6.61 Å². The van der Waals surface area contributed by atoms with Gasteiger partial charge in [0.25, 0.3) is 0 Å². The molecule has 1 aromatic rings. The third-order valence-electron chi connectivity index (χ3n) is 1.87. The molecule has 0 radical (unpaired) electrons. The molecule has 1 aromatic carbocycles. The van der Waals surface area contributed by atoms with Crippen molar-refractivity contribution in [3.8, 4) is 5.75 Å². The Morgan fingerprint density at radius 1 is 1.31 bits per heavy atom. The van der Waals surface area contributed by atoms with E-state index in [1.54, 1.807) is 0 Å². The lowest BCUT2D eigenvalue weighted by Crippen LogP contribution is -2.17. The number of hydroxylamine groups is 1.